The van der Waals surface area contributed by atoms with Crippen molar-refractivity contribution in [2.45, 2.75) is 20.1 Å². The second-order valence-electron chi connectivity index (χ2n) is 6.92. The molecule has 4 nitrogen and oxygen atoms in total. The van der Waals surface area contributed by atoms with E-state index in [1.807, 2.05) is 43.3 Å². The number of rotatable bonds is 6. The van der Waals surface area contributed by atoms with Gasteiger partial charge >= 0.3 is 0 Å². The lowest BCUT2D eigenvalue weighted by Gasteiger charge is -2.12. The van der Waals surface area contributed by atoms with Gasteiger partial charge in [0.15, 0.2) is 5.76 Å². The fraction of sp³-hybridized carbons (Fsp3) is 0.125. The first kappa shape index (κ1) is 20.1. The molecule has 0 aliphatic heterocycles. The number of nitrogens with zero attached hydrogens (tertiary/aromatic N) is 1. The van der Waals surface area contributed by atoms with Crippen molar-refractivity contribution in [1.29, 1.82) is 0 Å². The summed E-state index contributed by atoms with van der Waals surface area (Å²) in [6, 6.07) is 19.7. The molecular weight excluding hydrogens is 403 g/mol. The third kappa shape index (κ3) is 4.08. The van der Waals surface area contributed by atoms with Gasteiger partial charge in [0.1, 0.15) is 23.9 Å². The molecule has 0 saturated carbocycles. The monoisotopic (exact) mass is 422 g/mol. The van der Waals surface area contributed by atoms with Crippen molar-refractivity contribution in [3.63, 3.8) is 0 Å². The van der Waals surface area contributed by atoms with Crippen LogP contribution in [0.4, 0.5) is 4.39 Å². The minimum Gasteiger partial charge on any atom is -0.487 e. The lowest BCUT2D eigenvalue weighted by molar-refractivity contribution is 0.306. The second-order valence-corrected chi connectivity index (χ2v) is 7.32. The molecular formula is C24H20ClFN2O2. The Bertz CT molecular complexity index is 1160. The Kier molecular flexibility index (Phi) is 5.84. The predicted octanol–water partition coefficient (Wildman–Crippen LogP) is 6.15. The first-order valence-electron chi connectivity index (χ1n) is 9.48. The number of halogens is 2. The highest BCUT2D eigenvalue weighted by Gasteiger charge is 2.21. The normalized spacial score (nSPS) is 10.9. The second kappa shape index (κ2) is 8.69. The van der Waals surface area contributed by atoms with Crippen LogP contribution in [0.2, 0.25) is 5.02 Å². The van der Waals surface area contributed by atoms with Gasteiger partial charge in [-0.2, -0.15) is 0 Å². The Hall–Kier alpha value is -3.15. The van der Waals surface area contributed by atoms with Crippen molar-refractivity contribution in [2.24, 2.45) is 5.73 Å². The smallest absolute Gasteiger partial charge is 0.175 e. The van der Waals surface area contributed by atoms with Crippen molar-refractivity contribution in [3.8, 4) is 28.2 Å². The van der Waals surface area contributed by atoms with E-state index in [2.05, 4.69) is 5.16 Å². The van der Waals surface area contributed by atoms with Crippen LogP contribution in [0.15, 0.2) is 71.3 Å². The first-order valence-corrected chi connectivity index (χ1v) is 9.86. The molecule has 3 aromatic carbocycles. The van der Waals surface area contributed by atoms with Crippen LogP contribution in [0.5, 0.6) is 5.75 Å². The third-order valence-electron chi connectivity index (χ3n) is 4.85. The van der Waals surface area contributed by atoms with Gasteiger partial charge in [-0.25, -0.2) is 4.39 Å². The molecule has 0 aliphatic rings. The fourth-order valence-electron chi connectivity index (χ4n) is 3.31. The highest BCUT2D eigenvalue weighted by atomic mass is 35.5. The molecule has 0 unspecified atom stereocenters. The van der Waals surface area contributed by atoms with Crippen molar-refractivity contribution in [2.75, 3.05) is 0 Å². The molecule has 1 heterocycles. The highest BCUT2D eigenvalue weighted by Crippen LogP contribution is 2.40. The summed E-state index contributed by atoms with van der Waals surface area (Å²) in [5.41, 5.74) is 10.7. The number of benzene rings is 3. The van der Waals surface area contributed by atoms with Crippen LogP contribution < -0.4 is 10.5 Å². The number of aryl methyl sites for hydroxylation is 1. The molecule has 1 aromatic heterocycles. The molecule has 0 saturated heterocycles. The summed E-state index contributed by atoms with van der Waals surface area (Å²) in [5.74, 6) is 0.810. The van der Waals surface area contributed by atoms with Gasteiger partial charge in [0.05, 0.1) is 10.6 Å². The Labute approximate surface area is 179 Å². The van der Waals surface area contributed by atoms with Gasteiger partial charge in [0.2, 0.25) is 0 Å². The van der Waals surface area contributed by atoms with E-state index in [1.54, 1.807) is 18.2 Å². The topological polar surface area (TPSA) is 61.3 Å². The van der Waals surface area contributed by atoms with Crippen molar-refractivity contribution < 1.29 is 13.7 Å². The van der Waals surface area contributed by atoms with Crippen LogP contribution in [0.1, 0.15) is 16.8 Å². The van der Waals surface area contributed by atoms with Gasteiger partial charge in [-0.15, -0.1) is 0 Å². The number of aromatic nitrogens is 1. The Balaban J connectivity index is 1.70. The fourth-order valence-corrected chi connectivity index (χ4v) is 3.52. The molecule has 6 heteroatoms. The molecule has 0 atom stereocenters. The molecule has 2 N–H and O–H groups in total. The minimum absolute atomic E-state index is 0.196. The average Bonchev–Trinajstić information content (AvgIpc) is 3.19. The van der Waals surface area contributed by atoms with Crippen LogP contribution in [-0.4, -0.2) is 5.16 Å². The summed E-state index contributed by atoms with van der Waals surface area (Å²) in [6.45, 7) is 2.56. The van der Waals surface area contributed by atoms with E-state index in [4.69, 9.17) is 26.6 Å². The number of nitrogens with two attached hydrogens (primary N) is 1. The largest absolute Gasteiger partial charge is 0.487 e. The maximum absolute atomic E-state index is 13.4. The highest BCUT2D eigenvalue weighted by molar-refractivity contribution is 6.32. The maximum Gasteiger partial charge on any atom is 0.175 e. The summed E-state index contributed by atoms with van der Waals surface area (Å²) >= 11 is 6.52. The van der Waals surface area contributed by atoms with E-state index >= 15 is 0 Å². The van der Waals surface area contributed by atoms with E-state index < -0.39 is 0 Å². The van der Waals surface area contributed by atoms with E-state index in [0.29, 0.717) is 28.8 Å². The molecule has 0 amide bonds. The van der Waals surface area contributed by atoms with Gasteiger partial charge in [-0.3, -0.25) is 0 Å². The Morgan fingerprint density at radius 2 is 1.80 bits per heavy atom. The van der Waals surface area contributed by atoms with Gasteiger partial charge in [-0.1, -0.05) is 59.2 Å². The van der Waals surface area contributed by atoms with Crippen LogP contribution in [0.3, 0.4) is 0 Å². The third-order valence-corrected chi connectivity index (χ3v) is 5.15. The molecule has 0 spiro atoms. The number of hydrogen-bond acceptors (Lipinski definition) is 4. The molecule has 4 aromatic rings. The zero-order valence-electron chi connectivity index (χ0n) is 16.4. The SMILES string of the molecule is Cc1cc(OCc2ccccc2)c(Cl)cc1-c1onc(CN)c1-c1ccc(F)cc1. The minimum atomic E-state index is -0.315. The maximum atomic E-state index is 13.4. The standard InChI is InChI=1S/C24H20ClFN2O2/c1-15-11-22(29-14-16-5-3-2-4-6-16)20(25)12-19(15)24-23(21(13-27)28-30-24)17-7-9-18(26)10-8-17/h2-12H,13-14,27H2,1H3. The van der Waals surface area contributed by atoms with Crippen LogP contribution in [0, 0.1) is 12.7 Å². The summed E-state index contributed by atoms with van der Waals surface area (Å²) in [4.78, 5) is 0. The Morgan fingerprint density at radius 3 is 2.50 bits per heavy atom. The van der Waals surface area contributed by atoms with Crippen molar-refractivity contribution in [1.82, 2.24) is 5.16 Å². The van der Waals surface area contributed by atoms with E-state index in [9.17, 15) is 4.39 Å². The van der Waals surface area contributed by atoms with Crippen molar-refractivity contribution >= 4 is 11.6 Å². The zero-order valence-corrected chi connectivity index (χ0v) is 17.1. The zero-order chi connectivity index (χ0) is 21.1. The molecule has 30 heavy (non-hydrogen) atoms. The van der Waals surface area contributed by atoms with Gasteiger partial charge in [0.25, 0.3) is 0 Å². The lowest BCUT2D eigenvalue weighted by atomic mass is 9.97. The van der Waals surface area contributed by atoms with Gasteiger partial charge in [0, 0.05) is 12.1 Å². The summed E-state index contributed by atoms with van der Waals surface area (Å²) in [6.07, 6.45) is 0. The van der Waals surface area contributed by atoms with Crippen LogP contribution in [-0.2, 0) is 13.2 Å². The van der Waals surface area contributed by atoms with E-state index in [1.165, 1.54) is 12.1 Å². The number of ether oxygens (including phenoxy) is 1. The Morgan fingerprint density at radius 1 is 1.07 bits per heavy atom. The molecule has 0 fully saturated rings. The predicted molar refractivity (Wildman–Crippen MR) is 116 cm³/mol. The average molecular weight is 423 g/mol. The molecule has 0 bridgehead atoms. The van der Waals surface area contributed by atoms with Crippen LogP contribution in [0.25, 0.3) is 22.5 Å². The quantitative estimate of drug-likeness (QED) is 0.405. The van der Waals surface area contributed by atoms with Crippen LogP contribution >= 0.6 is 11.6 Å². The molecule has 4 rings (SSSR count). The van der Waals surface area contributed by atoms with E-state index in [-0.39, 0.29) is 12.4 Å². The van der Waals surface area contributed by atoms with E-state index in [0.717, 1.165) is 27.8 Å². The van der Waals surface area contributed by atoms with Crippen molar-refractivity contribution in [3.05, 3.63) is 94.4 Å². The molecule has 152 valence electrons. The lowest BCUT2D eigenvalue weighted by Crippen LogP contribution is -1.99. The number of hydrogen-bond donors (Lipinski definition) is 1. The summed E-state index contributed by atoms with van der Waals surface area (Å²) < 4.78 is 24.9. The summed E-state index contributed by atoms with van der Waals surface area (Å²) in [7, 11) is 0. The first-order chi connectivity index (χ1) is 14.6. The van der Waals surface area contributed by atoms with Gasteiger partial charge < -0.3 is 15.0 Å². The summed E-state index contributed by atoms with van der Waals surface area (Å²) in [5, 5.41) is 4.57. The molecule has 0 aliphatic carbocycles. The molecule has 0 radical (unpaired) electrons. The van der Waals surface area contributed by atoms with Gasteiger partial charge in [-0.05, 0) is 47.9 Å².